The van der Waals surface area contributed by atoms with Crippen LogP contribution in [0.2, 0.25) is 10.0 Å². The number of aromatic nitrogens is 3. The second-order valence-electron chi connectivity index (χ2n) is 4.46. The lowest BCUT2D eigenvalue weighted by Gasteiger charge is -2.06. The molecule has 2 aromatic heterocycles. The van der Waals surface area contributed by atoms with Crippen molar-refractivity contribution < 1.29 is 9.53 Å². The highest BCUT2D eigenvalue weighted by molar-refractivity contribution is 6.39. The van der Waals surface area contributed by atoms with E-state index in [4.69, 9.17) is 33.7 Å². The molecule has 0 amide bonds. The van der Waals surface area contributed by atoms with Gasteiger partial charge in [0.15, 0.2) is 0 Å². The molecule has 0 aliphatic carbocycles. The normalized spacial score (nSPS) is 10.9. The van der Waals surface area contributed by atoms with Gasteiger partial charge in [0, 0.05) is 23.8 Å². The molecule has 0 radical (unpaired) electrons. The lowest BCUT2D eigenvalue weighted by Crippen LogP contribution is -2.17. The Hall–Kier alpha value is -2.31. The molecule has 0 saturated carbocycles. The molecule has 0 unspecified atom stereocenters. The number of fused-ring (bicyclic) bond motifs is 1. The van der Waals surface area contributed by atoms with Gasteiger partial charge in [-0.25, -0.2) is 0 Å². The molecule has 22 heavy (non-hydrogen) atoms. The van der Waals surface area contributed by atoms with Crippen LogP contribution in [0.25, 0.3) is 10.9 Å². The van der Waals surface area contributed by atoms with Crippen molar-refractivity contribution in [1.29, 1.82) is 0 Å². The van der Waals surface area contributed by atoms with Crippen LogP contribution in [0, 0.1) is 0 Å². The summed E-state index contributed by atoms with van der Waals surface area (Å²) in [4.78, 5) is 16.4. The van der Waals surface area contributed by atoms with Crippen LogP contribution in [0.15, 0.2) is 30.6 Å². The van der Waals surface area contributed by atoms with Crippen LogP contribution < -0.4 is 10.5 Å². The molecular weight excluding hydrogens is 327 g/mol. The number of methoxy groups -OCH3 is 1. The van der Waals surface area contributed by atoms with E-state index in [1.54, 1.807) is 25.3 Å². The molecule has 8 heteroatoms. The van der Waals surface area contributed by atoms with E-state index in [0.29, 0.717) is 16.7 Å². The van der Waals surface area contributed by atoms with Crippen LogP contribution in [0.4, 0.5) is 5.82 Å². The standard InChI is InChI=1S/C14H10Cl2N4O2/c1-22-7-2-3-8-11(4-7)19-20(13(8)17)14(21)12-9(15)5-18-6-10(12)16/h2-6H,17H2,1H3. The van der Waals surface area contributed by atoms with Gasteiger partial charge in [0.2, 0.25) is 0 Å². The molecule has 3 aromatic rings. The van der Waals surface area contributed by atoms with Crippen molar-refractivity contribution in [2.75, 3.05) is 12.8 Å². The summed E-state index contributed by atoms with van der Waals surface area (Å²) < 4.78 is 6.20. The van der Waals surface area contributed by atoms with Crippen LogP contribution in [-0.4, -0.2) is 27.8 Å². The van der Waals surface area contributed by atoms with E-state index in [0.717, 1.165) is 4.68 Å². The van der Waals surface area contributed by atoms with Crippen molar-refractivity contribution >= 4 is 45.8 Å². The fourth-order valence-corrected chi connectivity index (χ4v) is 2.62. The van der Waals surface area contributed by atoms with Gasteiger partial charge in [-0.1, -0.05) is 23.2 Å². The van der Waals surface area contributed by atoms with Crippen molar-refractivity contribution in [2.24, 2.45) is 0 Å². The average molecular weight is 337 g/mol. The molecule has 0 bridgehead atoms. The highest BCUT2D eigenvalue weighted by Crippen LogP contribution is 2.28. The summed E-state index contributed by atoms with van der Waals surface area (Å²) in [5.74, 6) is 0.293. The summed E-state index contributed by atoms with van der Waals surface area (Å²) in [6, 6.07) is 5.16. The highest BCUT2D eigenvalue weighted by atomic mass is 35.5. The quantitative estimate of drug-likeness (QED) is 0.777. The molecule has 0 aliphatic rings. The van der Waals surface area contributed by atoms with Gasteiger partial charge < -0.3 is 10.5 Å². The molecule has 1 aromatic carbocycles. The third-order valence-corrected chi connectivity index (χ3v) is 3.75. The molecular formula is C14H10Cl2N4O2. The fraction of sp³-hybridized carbons (Fsp3) is 0.0714. The number of benzene rings is 1. The Morgan fingerprint density at radius 2 is 1.95 bits per heavy atom. The number of hydrogen-bond donors (Lipinski definition) is 1. The molecule has 2 heterocycles. The number of nitrogen functional groups attached to an aromatic ring is 1. The minimum absolute atomic E-state index is 0.102. The van der Waals surface area contributed by atoms with E-state index in [9.17, 15) is 4.79 Å². The number of carbonyl (C=O) groups excluding carboxylic acids is 1. The fourth-order valence-electron chi connectivity index (χ4n) is 2.09. The highest BCUT2D eigenvalue weighted by Gasteiger charge is 2.21. The predicted octanol–water partition coefficient (Wildman–Crippen LogP) is 3.02. The number of carbonyl (C=O) groups is 1. The number of hydrogen-bond acceptors (Lipinski definition) is 5. The van der Waals surface area contributed by atoms with Crippen LogP contribution in [0.1, 0.15) is 10.4 Å². The van der Waals surface area contributed by atoms with E-state index in [1.165, 1.54) is 12.4 Å². The van der Waals surface area contributed by atoms with Crippen LogP contribution in [-0.2, 0) is 0 Å². The van der Waals surface area contributed by atoms with Crippen molar-refractivity contribution in [3.8, 4) is 5.75 Å². The smallest absolute Gasteiger partial charge is 0.283 e. The van der Waals surface area contributed by atoms with Crippen LogP contribution in [0.5, 0.6) is 5.75 Å². The van der Waals surface area contributed by atoms with Crippen LogP contribution in [0.3, 0.4) is 0 Å². The number of rotatable bonds is 2. The summed E-state index contributed by atoms with van der Waals surface area (Å²) in [6.07, 6.45) is 2.67. The van der Waals surface area contributed by atoms with Crippen molar-refractivity contribution in [3.63, 3.8) is 0 Å². The second-order valence-corrected chi connectivity index (χ2v) is 5.28. The van der Waals surface area contributed by atoms with Crippen molar-refractivity contribution in [1.82, 2.24) is 14.8 Å². The molecule has 0 aliphatic heterocycles. The summed E-state index contributed by atoms with van der Waals surface area (Å²) in [7, 11) is 1.54. The lowest BCUT2D eigenvalue weighted by atomic mass is 10.2. The SMILES string of the molecule is COc1ccc2c(N)n(C(=O)c3c(Cl)cncc3Cl)nc2c1. The molecule has 3 rings (SSSR count). The second kappa shape index (κ2) is 5.47. The Labute approximate surface area is 135 Å². The van der Waals surface area contributed by atoms with E-state index < -0.39 is 5.91 Å². The number of nitrogens with two attached hydrogens (primary N) is 1. The number of anilines is 1. The van der Waals surface area contributed by atoms with Gasteiger partial charge in [0.1, 0.15) is 11.6 Å². The van der Waals surface area contributed by atoms with Gasteiger partial charge in [0.25, 0.3) is 5.91 Å². The van der Waals surface area contributed by atoms with Gasteiger partial charge in [-0.05, 0) is 12.1 Å². The average Bonchev–Trinajstić information content (AvgIpc) is 2.83. The summed E-state index contributed by atoms with van der Waals surface area (Å²) in [6.45, 7) is 0. The zero-order valence-electron chi connectivity index (χ0n) is 11.4. The molecule has 0 atom stereocenters. The summed E-state index contributed by atoms with van der Waals surface area (Å²) in [5.41, 5.74) is 6.64. The topological polar surface area (TPSA) is 83.0 Å². The molecule has 2 N–H and O–H groups in total. The summed E-state index contributed by atoms with van der Waals surface area (Å²) in [5, 5.41) is 5.11. The number of nitrogens with zero attached hydrogens (tertiary/aromatic N) is 3. The number of ether oxygens (including phenoxy) is 1. The zero-order chi connectivity index (χ0) is 15.9. The Kier molecular flexibility index (Phi) is 3.64. The van der Waals surface area contributed by atoms with E-state index >= 15 is 0 Å². The summed E-state index contributed by atoms with van der Waals surface area (Å²) >= 11 is 12.0. The molecule has 112 valence electrons. The minimum Gasteiger partial charge on any atom is -0.497 e. The van der Waals surface area contributed by atoms with Gasteiger partial charge in [-0.15, -0.1) is 0 Å². The molecule has 0 spiro atoms. The maximum atomic E-state index is 12.6. The van der Waals surface area contributed by atoms with Gasteiger partial charge >= 0.3 is 0 Å². The Morgan fingerprint density at radius 1 is 1.27 bits per heavy atom. The van der Waals surface area contributed by atoms with Crippen LogP contribution >= 0.6 is 23.2 Å². The zero-order valence-corrected chi connectivity index (χ0v) is 12.9. The predicted molar refractivity (Wildman–Crippen MR) is 84.7 cm³/mol. The first kappa shape index (κ1) is 14.6. The first-order chi connectivity index (χ1) is 10.5. The Morgan fingerprint density at radius 3 is 2.59 bits per heavy atom. The van der Waals surface area contributed by atoms with Gasteiger partial charge in [-0.3, -0.25) is 9.78 Å². The third-order valence-electron chi connectivity index (χ3n) is 3.18. The first-order valence-electron chi connectivity index (χ1n) is 6.19. The minimum atomic E-state index is -0.523. The third kappa shape index (κ3) is 2.26. The van der Waals surface area contributed by atoms with E-state index in [1.807, 2.05) is 0 Å². The largest absolute Gasteiger partial charge is 0.497 e. The maximum Gasteiger partial charge on any atom is 0.283 e. The Bertz CT molecular complexity index is 872. The first-order valence-corrected chi connectivity index (χ1v) is 6.94. The number of pyridine rings is 1. The van der Waals surface area contributed by atoms with Crippen molar-refractivity contribution in [2.45, 2.75) is 0 Å². The van der Waals surface area contributed by atoms with Crippen molar-refractivity contribution in [3.05, 3.63) is 46.2 Å². The van der Waals surface area contributed by atoms with E-state index in [2.05, 4.69) is 10.1 Å². The van der Waals surface area contributed by atoms with Gasteiger partial charge in [0.05, 0.1) is 28.2 Å². The molecule has 6 nitrogen and oxygen atoms in total. The number of halogens is 2. The lowest BCUT2D eigenvalue weighted by molar-refractivity contribution is 0.0949. The monoisotopic (exact) mass is 336 g/mol. The Balaban J connectivity index is 2.17. The van der Waals surface area contributed by atoms with E-state index in [-0.39, 0.29) is 21.4 Å². The maximum absolute atomic E-state index is 12.6. The van der Waals surface area contributed by atoms with Gasteiger partial charge in [-0.2, -0.15) is 9.78 Å². The molecule has 0 fully saturated rings. The molecule has 0 saturated heterocycles.